The van der Waals surface area contributed by atoms with Gasteiger partial charge in [-0.1, -0.05) is 12.1 Å². The summed E-state index contributed by atoms with van der Waals surface area (Å²) >= 11 is 0. The Hall–Kier alpha value is -3.67. The van der Waals surface area contributed by atoms with Gasteiger partial charge in [0.1, 0.15) is 17.8 Å². The van der Waals surface area contributed by atoms with Crippen LogP contribution in [0.3, 0.4) is 0 Å². The highest BCUT2D eigenvalue weighted by Crippen LogP contribution is 2.11. The monoisotopic (exact) mass is 438 g/mol. The van der Waals surface area contributed by atoms with Gasteiger partial charge in [0.25, 0.3) is 0 Å². The minimum atomic E-state index is -1.50. The van der Waals surface area contributed by atoms with Crippen LogP contribution in [0.15, 0.2) is 24.3 Å². The van der Waals surface area contributed by atoms with Crippen LogP contribution in [0.2, 0.25) is 0 Å². The number of carbonyl (C=O) groups excluding carboxylic acids is 3. The molecule has 12 nitrogen and oxygen atoms in total. The Morgan fingerprint density at radius 3 is 1.94 bits per heavy atom. The Labute approximate surface area is 177 Å². The van der Waals surface area contributed by atoms with E-state index in [-0.39, 0.29) is 31.4 Å². The van der Waals surface area contributed by atoms with Crippen LogP contribution in [-0.2, 0) is 30.4 Å². The molecule has 0 spiro atoms. The average molecular weight is 438 g/mol. The molecule has 3 amide bonds. The van der Waals surface area contributed by atoms with Gasteiger partial charge in [-0.25, -0.2) is 4.79 Å². The third-order valence-corrected chi connectivity index (χ3v) is 4.30. The Morgan fingerprint density at radius 1 is 0.871 bits per heavy atom. The molecule has 0 saturated heterocycles. The summed E-state index contributed by atoms with van der Waals surface area (Å²) in [7, 11) is 0. The molecule has 0 aliphatic carbocycles. The van der Waals surface area contributed by atoms with Crippen LogP contribution in [0.4, 0.5) is 0 Å². The third kappa shape index (κ3) is 9.58. The lowest BCUT2D eigenvalue weighted by molar-refractivity contribution is -0.143. The number of phenolic OH excluding ortho intramolecular Hbond substituents is 1. The lowest BCUT2D eigenvalue weighted by atomic mass is 10.0. The van der Waals surface area contributed by atoms with Crippen molar-refractivity contribution in [2.45, 2.75) is 50.2 Å². The third-order valence-electron chi connectivity index (χ3n) is 4.30. The van der Waals surface area contributed by atoms with Crippen molar-refractivity contribution >= 4 is 29.7 Å². The first kappa shape index (κ1) is 25.4. The van der Waals surface area contributed by atoms with Crippen molar-refractivity contribution in [2.24, 2.45) is 11.5 Å². The number of hydrogen-bond donors (Lipinski definition) is 7. The number of carbonyl (C=O) groups is 5. The van der Waals surface area contributed by atoms with Crippen molar-refractivity contribution < 1.29 is 39.3 Å². The molecule has 1 aromatic carbocycles. The first-order valence-corrected chi connectivity index (χ1v) is 9.36. The number of amides is 3. The number of phenols is 1. The van der Waals surface area contributed by atoms with Crippen LogP contribution < -0.4 is 22.1 Å². The summed E-state index contributed by atoms with van der Waals surface area (Å²) < 4.78 is 0. The number of nitrogens with two attached hydrogens (primary N) is 2. The van der Waals surface area contributed by atoms with Gasteiger partial charge in [0.15, 0.2) is 0 Å². The molecule has 3 atom stereocenters. The van der Waals surface area contributed by atoms with Crippen LogP contribution in [-0.4, -0.2) is 63.1 Å². The normalized spacial score (nSPS) is 13.5. The van der Waals surface area contributed by atoms with Crippen LogP contribution in [0.5, 0.6) is 5.75 Å². The molecule has 0 unspecified atom stereocenters. The number of rotatable bonds is 13. The van der Waals surface area contributed by atoms with E-state index in [1.54, 1.807) is 12.1 Å². The second-order valence-corrected chi connectivity index (χ2v) is 6.88. The van der Waals surface area contributed by atoms with Gasteiger partial charge in [-0.05, 0) is 37.0 Å². The summed E-state index contributed by atoms with van der Waals surface area (Å²) in [6.45, 7) is 0. The summed E-state index contributed by atoms with van der Waals surface area (Å²) in [5.41, 5.74) is 11.6. The molecule has 0 saturated carbocycles. The molecule has 0 aliphatic heterocycles. The van der Waals surface area contributed by atoms with Crippen molar-refractivity contribution in [3.8, 4) is 5.75 Å². The summed E-state index contributed by atoms with van der Waals surface area (Å²) in [4.78, 5) is 58.0. The summed E-state index contributed by atoms with van der Waals surface area (Å²) in [6.07, 6.45) is -1.24. The van der Waals surface area contributed by atoms with Gasteiger partial charge >= 0.3 is 11.9 Å². The smallest absolute Gasteiger partial charge is 0.326 e. The Bertz CT molecular complexity index is 812. The van der Waals surface area contributed by atoms with E-state index in [1.165, 1.54) is 12.1 Å². The molecule has 9 N–H and O–H groups in total. The van der Waals surface area contributed by atoms with Crippen molar-refractivity contribution in [2.75, 3.05) is 0 Å². The molecule has 0 aromatic heterocycles. The van der Waals surface area contributed by atoms with Gasteiger partial charge in [0.2, 0.25) is 17.7 Å². The molecule has 0 radical (unpaired) electrons. The molecular weight excluding hydrogens is 412 g/mol. The maximum atomic E-state index is 12.5. The number of aromatic hydroxyl groups is 1. The van der Waals surface area contributed by atoms with E-state index in [9.17, 15) is 34.2 Å². The molecule has 1 aromatic rings. The van der Waals surface area contributed by atoms with Gasteiger partial charge < -0.3 is 37.4 Å². The topological polar surface area (TPSA) is 222 Å². The number of nitrogens with one attached hydrogen (secondary N) is 2. The van der Waals surface area contributed by atoms with E-state index in [0.29, 0.717) is 5.56 Å². The fourth-order valence-electron chi connectivity index (χ4n) is 2.61. The largest absolute Gasteiger partial charge is 0.508 e. The second kappa shape index (κ2) is 12.1. The molecule has 0 fully saturated rings. The SMILES string of the molecule is NC(=O)CC[C@H](NC(=O)[C@@H](N)Cc1ccc(O)cc1)C(=O)N[C@@H](CCC(=O)O)C(=O)O. The quantitative estimate of drug-likeness (QED) is 0.189. The maximum Gasteiger partial charge on any atom is 0.326 e. The molecule has 0 aliphatic rings. The highest BCUT2D eigenvalue weighted by molar-refractivity contribution is 5.92. The van der Waals surface area contributed by atoms with Gasteiger partial charge in [-0.3, -0.25) is 19.2 Å². The predicted octanol–water partition coefficient (Wildman–Crippen LogP) is -1.55. The summed E-state index contributed by atoms with van der Waals surface area (Å²) in [5.74, 6) is -5.01. The average Bonchev–Trinajstić information content (AvgIpc) is 2.68. The van der Waals surface area contributed by atoms with Crippen molar-refractivity contribution in [1.29, 1.82) is 0 Å². The van der Waals surface area contributed by atoms with Gasteiger partial charge in [-0.2, -0.15) is 0 Å². The van der Waals surface area contributed by atoms with Gasteiger partial charge in [0.05, 0.1) is 6.04 Å². The molecule has 31 heavy (non-hydrogen) atoms. The standard InChI is InChI=1S/C19H26N4O8/c20-12(9-10-1-3-11(24)4-2-10)17(28)22-13(5-7-15(21)25)18(29)23-14(19(30)31)6-8-16(26)27/h1-4,12-14,24H,5-9,20H2,(H2,21,25)(H,22,28)(H,23,29)(H,26,27)(H,30,31)/t12-,13-,14-/m0/s1. The first-order chi connectivity index (χ1) is 14.5. The van der Waals surface area contributed by atoms with Crippen LogP contribution in [0.25, 0.3) is 0 Å². The zero-order valence-electron chi connectivity index (χ0n) is 16.6. The van der Waals surface area contributed by atoms with E-state index in [4.69, 9.17) is 16.6 Å². The highest BCUT2D eigenvalue weighted by atomic mass is 16.4. The predicted molar refractivity (Wildman–Crippen MR) is 107 cm³/mol. The fourth-order valence-corrected chi connectivity index (χ4v) is 2.61. The molecule has 0 heterocycles. The van der Waals surface area contributed by atoms with Crippen LogP contribution in [0.1, 0.15) is 31.2 Å². The van der Waals surface area contributed by atoms with E-state index >= 15 is 0 Å². The molecular formula is C19H26N4O8. The number of carboxylic acid groups (broad SMARTS) is 2. The number of carboxylic acids is 2. The minimum absolute atomic E-state index is 0.0424. The fraction of sp³-hybridized carbons (Fsp3) is 0.421. The van der Waals surface area contributed by atoms with Crippen molar-refractivity contribution in [1.82, 2.24) is 10.6 Å². The van der Waals surface area contributed by atoms with E-state index < -0.39 is 54.2 Å². The zero-order chi connectivity index (χ0) is 23.6. The molecule has 1 rings (SSSR count). The lowest BCUT2D eigenvalue weighted by Gasteiger charge is -2.22. The Balaban J connectivity index is 2.82. The summed E-state index contributed by atoms with van der Waals surface area (Å²) in [5, 5.41) is 31.7. The van der Waals surface area contributed by atoms with Crippen LogP contribution >= 0.6 is 0 Å². The Kier molecular flexibility index (Phi) is 9.92. The van der Waals surface area contributed by atoms with Crippen molar-refractivity contribution in [3.05, 3.63) is 29.8 Å². The Morgan fingerprint density at radius 2 is 1.42 bits per heavy atom. The van der Waals surface area contributed by atoms with Gasteiger partial charge in [-0.15, -0.1) is 0 Å². The summed E-state index contributed by atoms with van der Waals surface area (Å²) in [6, 6.07) is 2.10. The van der Waals surface area contributed by atoms with E-state index in [2.05, 4.69) is 10.6 Å². The molecule has 170 valence electrons. The molecule has 0 bridgehead atoms. The number of benzene rings is 1. The first-order valence-electron chi connectivity index (χ1n) is 9.36. The number of aliphatic carboxylic acids is 2. The van der Waals surface area contributed by atoms with E-state index in [1.807, 2.05) is 0 Å². The van der Waals surface area contributed by atoms with Crippen molar-refractivity contribution in [3.63, 3.8) is 0 Å². The number of primary amides is 1. The lowest BCUT2D eigenvalue weighted by Crippen LogP contribution is -2.55. The number of hydrogen-bond acceptors (Lipinski definition) is 7. The minimum Gasteiger partial charge on any atom is -0.508 e. The molecule has 12 heteroatoms. The maximum absolute atomic E-state index is 12.5. The second-order valence-electron chi connectivity index (χ2n) is 6.88. The highest BCUT2D eigenvalue weighted by Gasteiger charge is 2.28. The van der Waals surface area contributed by atoms with E-state index in [0.717, 1.165) is 0 Å². The van der Waals surface area contributed by atoms with Crippen LogP contribution in [0, 0.1) is 0 Å². The van der Waals surface area contributed by atoms with Gasteiger partial charge in [0, 0.05) is 12.8 Å². The zero-order valence-corrected chi connectivity index (χ0v) is 16.6.